The molecule has 1 rings (SSSR count). The second-order valence-corrected chi connectivity index (χ2v) is 4.20. The van der Waals surface area contributed by atoms with Crippen molar-refractivity contribution in [3.05, 3.63) is 27.4 Å². The van der Waals surface area contributed by atoms with Crippen molar-refractivity contribution in [2.75, 3.05) is 18.4 Å². The van der Waals surface area contributed by atoms with Gasteiger partial charge in [-0.05, 0) is 6.42 Å². The first-order valence-electron chi connectivity index (χ1n) is 5.85. The molecule has 0 atom stereocenters. The third-order valence-corrected chi connectivity index (χ3v) is 2.41. The number of hydrogen-bond donors (Lipinski definition) is 2. The van der Waals surface area contributed by atoms with Gasteiger partial charge in [-0.2, -0.15) is 0 Å². The number of anilines is 1. The molecule has 0 saturated carbocycles. The molecule has 0 saturated heterocycles. The van der Waals surface area contributed by atoms with E-state index >= 15 is 0 Å². The summed E-state index contributed by atoms with van der Waals surface area (Å²) in [5.74, 6) is 0.202. The van der Waals surface area contributed by atoms with E-state index in [1.807, 2.05) is 6.92 Å². The fourth-order valence-electron chi connectivity index (χ4n) is 1.34. The summed E-state index contributed by atoms with van der Waals surface area (Å²) in [6.45, 7) is 2.94. The van der Waals surface area contributed by atoms with Gasteiger partial charge in [0.1, 0.15) is 11.0 Å². The van der Waals surface area contributed by atoms with Gasteiger partial charge in [-0.15, -0.1) is 0 Å². The highest BCUT2D eigenvalue weighted by molar-refractivity contribution is 6.29. The van der Waals surface area contributed by atoms with Crippen molar-refractivity contribution >= 4 is 29.0 Å². The third kappa shape index (κ3) is 5.52. The summed E-state index contributed by atoms with van der Waals surface area (Å²) in [4.78, 5) is 25.3. The minimum Gasteiger partial charge on any atom is -0.369 e. The van der Waals surface area contributed by atoms with Crippen LogP contribution in [0.15, 0.2) is 12.1 Å². The van der Waals surface area contributed by atoms with E-state index < -0.39 is 4.92 Å². The number of carbonyl (C=O) groups is 1. The first-order chi connectivity index (χ1) is 9.02. The van der Waals surface area contributed by atoms with E-state index in [1.165, 1.54) is 12.1 Å². The summed E-state index contributed by atoms with van der Waals surface area (Å²) < 4.78 is 0. The highest BCUT2D eigenvalue weighted by Gasteiger charge is 2.10. The maximum atomic E-state index is 11.3. The van der Waals surface area contributed by atoms with E-state index in [9.17, 15) is 14.9 Å². The maximum absolute atomic E-state index is 11.3. The van der Waals surface area contributed by atoms with Gasteiger partial charge in [0.05, 0.1) is 17.1 Å². The van der Waals surface area contributed by atoms with Gasteiger partial charge in [0.2, 0.25) is 5.91 Å². The standard InChI is InChI=1S/C11H15ClN4O3/c1-2-4-14-11(17)3-5-13-10-7-8(16(18)19)6-9(12)15-10/h6-7H,2-5H2,1H3,(H,13,15)(H,14,17). The number of aromatic nitrogens is 1. The van der Waals surface area contributed by atoms with Gasteiger partial charge in [0.15, 0.2) is 0 Å². The van der Waals surface area contributed by atoms with Crippen LogP contribution in [0.2, 0.25) is 5.15 Å². The largest absolute Gasteiger partial charge is 0.369 e. The number of rotatable bonds is 7. The van der Waals surface area contributed by atoms with Gasteiger partial charge < -0.3 is 10.6 Å². The molecule has 0 aliphatic rings. The lowest BCUT2D eigenvalue weighted by Gasteiger charge is -2.06. The van der Waals surface area contributed by atoms with Gasteiger partial charge in [0.25, 0.3) is 5.69 Å². The smallest absolute Gasteiger partial charge is 0.276 e. The fourth-order valence-corrected chi connectivity index (χ4v) is 1.54. The number of hydrogen-bond acceptors (Lipinski definition) is 5. The van der Waals surface area contributed by atoms with Crippen molar-refractivity contribution in [2.24, 2.45) is 0 Å². The average molecular weight is 287 g/mol. The van der Waals surface area contributed by atoms with Gasteiger partial charge in [0, 0.05) is 19.5 Å². The molecule has 19 heavy (non-hydrogen) atoms. The second kappa shape index (κ2) is 7.52. The molecule has 7 nitrogen and oxygen atoms in total. The minimum absolute atomic E-state index is 0.0344. The minimum atomic E-state index is -0.549. The second-order valence-electron chi connectivity index (χ2n) is 3.82. The number of amides is 1. The highest BCUT2D eigenvalue weighted by atomic mass is 35.5. The van der Waals surface area contributed by atoms with E-state index in [0.29, 0.717) is 13.1 Å². The number of halogens is 1. The van der Waals surface area contributed by atoms with Crippen LogP contribution >= 0.6 is 11.6 Å². The summed E-state index contributed by atoms with van der Waals surface area (Å²) in [5.41, 5.74) is -0.141. The summed E-state index contributed by atoms with van der Waals surface area (Å²) in [7, 11) is 0. The van der Waals surface area contributed by atoms with E-state index in [-0.39, 0.29) is 29.0 Å². The molecule has 8 heteroatoms. The molecule has 2 N–H and O–H groups in total. The molecule has 104 valence electrons. The van der Waals surface area contributed by atoms with Crippen molar-refractivity contribution < 1.29 is 9.72 Å². The lowest BCUT2D eigenvalue weighted by Crippen LogP contribution is -2.25. The molecular formula is C11H15ClN4O3. The summed E-state index contributed by atoms with van der Waals surface area (Å²) in [5, 5.41) is 16.2. The van der Waals surface area contributed by atoms with Crippen molar-refractivity contribution in [1.29, 1.82) is 0 Å². The number of nitrogens with zero attached hydrogens (tertiary/aromatic N) is 2. The summed E-state index contributed by atoms with van der Waals surface area (Å²) in [6.07, 6.45) is 1.14. The quantitative estimate of drug-likeness (QED) is 0.454. The monoisotopic (exact) mass is 286 g/mol. The summed E-state index contributed by atoms with van der Waals surface area (Å²) >= 11 is 5.67. The van der Waals surface area contributed by atoms with E-state index in [0.717, 1.165) is 6.42 Å². The van der Waals surface area contributed by atoms with Gasteiger partial charge in [-0.25, -0.2) is 4.98 Å². The average Bonchev–Trinajstić information content (AvgIpc) is 2.35. The van der Waals surface area contributed by atoms with Crippen LogP contribution in [0.1, 0.15) is 19.8 Å². The number of nitro groups is 1. The maximum Gasteiger partial charge on any atom is 0.276 e. The molecule has 1 heterocycles. The van der Waals surface area contributed by atoms with Crippen LogP contribution in [0.25, 0.3) is 0 Å². The van der Waals surface area contributed by atoms with Crippen LogP contribution in [0.4, 0.5) is 11.5 Å². The zero-order chi connectivity index (χ0) is 14.3. The molecule has 1 aromatic heterocycles. The Kier molecular flexibility index (Phi) is 6.01. The molecule has 0 aromatic carbocycles. The zero-order valence-electron chi connectivity index (χ0n) is 10.5. The predicted molar refractivity (Wildman–Crippen MR) is 72.3 cm³/mol. The Morgan fingerprint density at radius 2 is 2.21 bits per heavy atom. The van der Waals surface area contributed by atoms with E-state index in [2.05, 4.69) is 15.6 Å². The van der Waals surface area contributed by atoms with Crippen LogP contribution in [0, 0.1) is 10.1 Å². The van der Waals surface area contributed by atoms with Crippen LogP contribution in [0.3, 0.4) is 0 Å². The van der Waals surface area contributed by atoms with Crippen molar-refractivity contribution in [1.82, 2.24) is 10.3 Å². The molecule has 1 amide bonds. The zero-order valence-corrected chi connectivity index (χ0v) is 11.2. The Labute approximate surface area is 115 Å². The Bertz CT molecular complexity index is 467. The van der Waals surface area contributed by atoms with E-state index in [1.54, 1.807) is 0 Å². The molecule has 0 fully saturated rings. The molecule has 0 radical (unpaired) electrons. The van der Waals surface area contributed by atoms with Gasteiger partial charge in [-0.1, -0.05) is 18.5 Å². The van der Waals surface area contributed by atoms with Crippen LogP contribution < -0.4 is 10.6 Å². The molecular weight excluding hydrogens is 272 g/mol. The Morgan fingerprint density at radius 3 is 2.84 bits per heavy atom. The normalized spacial score (nSPS) is 10.0. The number of pyridine rings is 1. The van der Waals surface area contributed by atoms with Crippen LogP contribution in [-0.2, 0) is 4.79 Å². The lowest BCUT2D eigenvalue weighted by molar-refractivity contribution is -0.384. The SMILES string of the molecule is CCCNC(=O)CCNc1cc([N+](=O)[O-])cc(Cl)n1. The Morgan fingerprint density at radius 1 is 1.47 bits per heavy atom. The molecule has 0 bridgehead atoms. The first-order valence-corrected chi connectivity index (χ1v) is 6.23. The summed E-state index contributed by atoms with van der Waals surface area (Å²) in [6, 6.07) is 2.44. The number of carbonyl (C=O) groups excluding carboxylic acids is 1. The van der Waals surface area contributed by atoms with E-state index in [4.69, 9.17) is 11.6 Å². The molecule has 0 unspecified atom stereocenters. The van der Waals surface area contributed by atoms with Crippen LogP contribution in [-0.4, -0.2) is 28.9 Å². The molecule has 0 aliphatic carbocycles. The first kappa shape index (κ1) is 15.2. The predicted octanol–water partition coefficient (Wildman–Crippen LogP) is 1.97. The van der Waals surface area contributed by atoms with Crippen molar-refractivity contribution in [3.63, 3.8) is 0 Å². The fraction of sp³-hybridized carbons (Fsp3) is 0.455. The van der Waals surface area contributed by atoms with Crippen LogP contribution in [0.5, 0.6) is 0 Å². The van der Waals surface area contributed by atoms with Crippen molar-refractivity contribution in [2.45, 2.75) is 19.8 Å². The number of nitrogens with one attached hydrogen (secondary N) is 2. The molecule has 0 aliphatic heterocycles. The lowest BCUT2D eigenvalue weighted by atomic mass is 10.3. The topological polar surface area (TPSA) is 97.2 Å². The van der Waals surface area contributed by atoms with Crippen molar-refractivity contribution in [3.8, 4) is 0 Å². The van der Waals surface area contributed by atoms with Gasteiger partial charge >= 0.3 is 0 Å². The Balaban J connectivity index is 2.49. The van der Waals surface area contributed by atoms with Gasteiger partial charge in [-0.3, -0.25) is 14.9 Å². The highest BCUT2D eigenvalue weighted by Crippen LogP contribution is 2.20. The Hall–Kier alpha value is -1.89. The third-order valence-electron chi connectivity index (χ3n) is 2.22. The molecule has 0 spiro atoms. The molecule has 1 aromatic rings.